The molecular formula is C31H38N6O8S. The lowest BCUT2D eigenvalue weighted by molar-refractivity contribution is -0.142. The molecule has 0 spiro atoms. The van der Waals surface area contributed by atoms with Crippen LogP contribution in [0, 0.1) is 11.3 Å². The molecule has 3 aromatic carbocycles. The summed E-state index contributed by atoms with van der Waals surface area (Å²) in [5.41, 5.74) is 5.88. The molecule has 1 unspecified atom stereocenters. The highest BCUT2D eigenvalue weighted by atomic mass is 32.2. The minimum Gasteiger partial charge on any atom is -0.481 e. The second-order valence-corrected chi connectivity index (χ2v) is 12.5. The van der Waals surface area contributed by atoms with Crippen LogP contribution in [0.4, 0.5) is 0 Å². The maximum atomic E-state index is 13.4. The molecule has 1 fully saturated rings. The highest BCUT2D eigenvalue weighted by Crippen LogP contribution is 2.20. The molecule has 2 amide bonds. The summed E-state index contributed by atoms with van der Waals surface area (Å²) in [6, 6.07) is 16.6. The van der Waals surface area contributed by atoms with Gasteiger partial charge in [-0.25, -0.2) is 13.2 Å². The molecule has 246 valence electrons. The van der Waals surface area contributed by atoms with Gasteiger partial charge in [0, 0.05) is 26.6 Å². The second-order valence-electron chi connectivity index (χ2n) is 10.7. The van der Waals surface area contributed by atoms with Crippen LogP contribution >= 0.6 is 0 Å². The average Bonchev–Trinajstić information content (AvgIpc) is 3.02. The Bertz CT molecular complexity index is 1660. The quantitative estimate of drug-likeness (QED) is 0.117. The van der Waals surface area contributed by atoms with Crippen molar-refractivity contribution in [2.45, 2.75) is 43.2 Å². The van der Waals surface area contributed by atoms with Crippen molar-refractivity contribution in [2.24, 2.45) is 11.7 Å². The van der Waals surface area contributed by atoms with Crippen molar-refractivity contribution in [3.8, 4) is 0 Å². The summed E-state index contributed by atoms with van der Waals surface area (Å²) in [5, 5.41) is 31.5. The maximum Gasteiger partial charge on any atom is 0.330 e. The number of rotatable bonds is 11. The molecule has 3 aromatic rings. The molecule has 0 bridgehead atoms. The summed E-state index contributed by atoms with van der Waals surface area (Å²) in [5.74, 6) is -3.77. The number of nitrogens with one attached hydrogen (secondary N) is 4. The van der Waals surface area contributed by atoms with Gasteiger partial charge in [-0.15, -0.1) is 0 Å². The molecule has 14 nitrogen and oxygen atoms in total. The zero-order valence-corrected chi connectivity index (χ0v) is 26.0. The molecule has 15 heteroatoms. The Kier molecular flexibility index (Phi) is 12.6. The molecule has 1 heterocycles. The van der Waals surface area contributed by atoms with Gasteiger partial charge in [-0.2, -0.15) is 4.72 Å². The van der Waals surface area contributed by atoms with Crippen LogP contribution in [0.2, 0.25) is 0 Å². The van der Waals surface area contributed by atoms with Crippen LogP contribution in [0.25, 0.3) is 10.8 Å². The smallest absolute Gasteiger partial charge is 0.330 e. The zero-order valence-electron chi connectivity index (χ0n) is 25.2. The van der Waals surface area contributed by atoms with Crippen LogP contribution in [0.1, 0.15) is 37.8 Å². The third-order valence-corrected chi connectivity index (χ3v) is 8.62. The molecule has 1 aliphatic rings. The van der Waals surface area contributed by atoms with Gasteiger partial charge in [-0.3, -0.25) is 19.8 Å². The summed E-state index contributed by atoms with van der Waals surface area (Å²) in [7, 11) is -4.30. The summed E-state index contributed by atoms with van der Waals surface area (Å²) < 4.78 is 29.1. The fraction of sp³-hybridized carbons (Fsp3) is 0.323. The van der Waals surface area contributed by atoms with E-state index in [-0.39, 0.29) is 28.9 Å². The van der Waals surface area contributed by atoms with Crippen molar-refractivity contribution in [3.63, 3.8) is 0 Å². The lowest BCUT2D eigenvalue weighted by atomic mass is 9.98. The van der Waals surface area contributed by atoms with Crippen molar-refractivity contribution in [1.82, 2.24) is 20.3 Å². The number of aliphatic carboxylic acids is 2. The summed E-state index contributed by atoms with van der Waals surface area (Å²) in [6.45, 7) is 2.48. The fourth-order valence-corrected chi connectivity index (χ4v) is 6.15. The van der Waals surface area contributed by atoms with E-state index in [1.807, 2.05) is 12.1 Å². The van der Waals surface area contributed by atoms with Gasteiger partial charge in [0.15, 0.2) is 12.0 Å². The summed E-state index contributed by atoms with van der Waals surface area (Å²) >= 11 is 0. The highest BCUT2D eigenvalue weighted by Gasteiger charge is 2.32. The monoisotopic (exact) mass is 654 g/mol. The van der Waals surface area contributed by atoms with Crippen LogP contribution < -0.4 is 21.1 Å². The number of hydrogen-bond donors (Lipinski definition) is 7. The largest absolute Gasteiger partial charge is 0.481 e. The number of amides is 2. The number of carbonyl (C=O) groups is 4. The van der Waals surface area contributed by atoms with Crippen LogP contribution in [0.3, 0.4) is 0 Å². The minimum atomic E-state index is -4.30. The van der Waals surface area contributed by atoms with E-state index in [1.54, 1.807) is 41.3 Å². The fourth-order valence-electron chi connectivity index (χ4n) is 4.92. The van der Waals surface area contributed by atoms with Crippen molar-refractivity contribution >= 4 is 50.5 Å². The van der Waals surface area contributed by atoms with Crippen molar-refractivity contribution < 1.29 is 37.8 Å². The molecule has 1 saturated heterocycles. The van der Waals surface area contributed by atoms with Crippen molar-refractivity contribution in [1.29, 1.82) is 5.41 Å². The predicted molar refractivity (Wildman–Crippen MR) is 170 cm³/mol. The minimum absolute atomic E-state index is 0.0163. The maximum absolute atomic E-state index is 13.4. The van der Waals surface area contributed by atoms with E-state index in [1.165, 1.54) is 24.3 Å². The van der Waals surface area contributed by atoms with E-state index in [4.69, 9.17) is 21.0 Å². The number of carbonyl (C=O) groups excluding carboxylic acids is 2. The number of sulfonamides is 1. The van der Waals surface area contributed by atoms with Crippen molar-refractivity contribution in [3.05, 3.63) is 78.4 Å². The van der Waals surface area contributed by atoms with E-state index in [0.717, 1.165) is 25.2 Å². The number of nitrogens with zero attached hydrogens (tertiary/aromatic N) is 1. The molecule has 0 saturated carbocycles. The molecule has 0 radical (unpaired) electrons. The first-order chi connectivity index (χ1) is 21.8. The Hall–Kier alpha value is -5.02. The molecule has 0 aromatic heterocycles. The number of carboxylic acid groups (broad SMARTS) is 2. The first kappa shape index (κ1) is 35.5. The second kappa shape index (κ2) is 16.3. The summed E-state index contributed by atoms with van der Waals surface area (Å²) in [4.78, 5) is 49.0. The normalized spacial score (nSPS) is 15.8. The van der Waals surface area contributed by atoms with Crippen LogP contribution in [-0.4, -0.2) is 78.9 Å². The van der Waals surface area contributed by atoms with E-state index in [9.17, 15) is 27.9 Å². The average molecular weight is 655 g/mol. The number of hydrogen-bond acceptors (Lipinski definition) is 7. The third kappa shape index (κ3) is 10.6. The Labute approximate surface area is 266 Å². The number of piperidine rings is 1. The lowest BCUT2D eigenvalue weighted by Crippen LogP contribution is -2.51. The lowest BCUT2D eigenvalue weighted by Gasteiger charge is -2.33. The van der Waals surface area contributed by atoms with E-state index >= 15 is 0 Å². The molecule has 0 aliphatic carbocycles. The molecule has 3 atom stereocenters. The third-order valence-electron chi connectivity index (χ3n) is 7.15. The van der Waals surface area contributed by atoms with Gasteiger partial charge in [0.1, 0.15) is 6.04 Å². The van der Waals surface area contributed by atoms with Gasteiger partial charge >= 0.3 is 5.97 Å². The van der Waals surface area contributed by atoms with Gasteiger partial charge in [0.25, 0.3) is 5.97 Å². The molecular weight excluding hydrogens is 616 g/mol. The molecule has 1 aliphatic heterocycles. The number of carboxylic acids is 2. The Balaban J connectivity index is 0.00000136. The summed E-state index contributed by atoms with van der Waals surface area (Å²) in [6.07, 6.45) is 1.04. The van der Waals surface area contributed by atoms with Gasteiger partial charge in [0.05, 0.1) is 11.3 Å². The van der Waals surface area contributed by atoms with Crippen LogP contribution in [0.5, 0.6) is 0 Å². The van der Waals surface area contributed by atoms with E-state index in [2.05, 4.69) is 15.4 Å². The van der Waals surface area contributed by atoms with Gasteiger partial charge in [-0.1, -0.05) is 60.7 Å². The Morgan fingerprint density at radius 1 is 1.00 bits per heavy atom. The van der Waals surface area contributed by atoms with Gasteiger partial charge < -0.3 is 31.5 Å². The zero-order chi connectivity index (χ0) is 33.9. The van der Waals surface area contributed by atoms with Crippen LogP contribution in [0.15, 0.2) is 77.7 Å². The Morgan fingerprint density at radius 2 is 1.63 bits per heavy atom. The van der Waals surface area contributed by atoms with Crippen molar-refractivity contribution in [2.75, 3.05) is 19.6 Å². The first-order valence-corrected chi connectivity index (χ1v) is 15.9. The number of nitrogens with two attached hydrogens (primary N) is 1. The van der Waals surface area contributed by atoms with E-state index < -0.39 is 52.3 Å². The standard InChI is InChI=1S/C29H34N6O6S.C2H4O2/c30-29(31)35-14-6-7-19(18-35)17-32-25(36)16-24(27(37)33-26(28(38)39)21-9-2-1-3-10-21)34-42(40,41)23-13-12-20-8-4-5-11-22(20)15-23;1-2(3)4/h1-5,8-13,15,19,24,26,34H,6-7,14,16-18H2,(H3,30,31)(H,32,36)(H,33,37)(H,38,39);1H3,(H,3,4)/t19-,24-,26?;/m0./s1. The number of likely N-dealkylation sites (tertiary alicyclic amines) is 1. The Morgan fingerprint density at radius 3 is 2.26 bits per heavy atom. The predicted octanol–water partition coefficient (Wildman–Crippen LogP) is 1.63. The molecule has 8 N–H and O–H groups in total. The first-order valence-electron chi connectivity index (χ1n) is 14.4. The van der Waals surface area contributed by atoms with Gasteiger partial charge in [0.2, 0.25) is 21.8 Å². The van der Waals surface area contributed by atoms with Crippen LogP contribution in [-0.2, 0) is 29.2 Å². The highest BCUT2D eigenvalue weighted by molar-refractivity contribution is 7.89. The van der Waals surface area contributed by atoms with Gasteiger partial charge in [-0.05, 0) is 47.2 Å². The molecule has 46 heavy (non-hydrogen) atoms. The number of benzene rings is 3. The number of fused-ring (bicyclic) bond motifs is 1. The number of guanidine groups is 1. The van der Waals surface area contributed by atoms with E-state index in [0.29, 0.717) is 18.5 Å². The molecule has 4 rings (SSSR count). The topological polar surface area (TPSA) is 232 Å². The SMILES string of the molecule is CC(=O)O.N=C(N)N1CCC[C@@H](CNC(=O)C[C@H](NS(=O)(=O)c2ccc3ccccc3c2)C(=O)NC(C(=O)O)c2ccccc2)C1.